The highest BCUT2D eigenvalue weighted by atomic mass is 35.5. The number of fused-ring (bicyclic) bond motifs is 5. The lowest BCUT2D eigenvalue weighted by Crippen LogP contribution is -2.04. The summed E-state index contributed by atoms with van der Waals surface area (Å²) in [5.74, 6) is 0.809. The van der Waals surface area contributed by atoms with Gasteiger partial charge in [0.05, 0.1) is 17.9 Å². The molecule has 0 aliphatic carbocycles. The topological polar surface area (TPSA) is 48.5 Å². The van der Waals surface area contributed by atoms with Crippen molar-refractivity contribution >= 4 is 17.7 Å². The molecule has 0 spiro atoms. The van der Waals surface area contributed by atoms with Crippen LogP contribution in [0.4, 0.5) is 0 Å². The Labute approximate surface area is 125 Å². The third-order valence-electron chi connectivity index (χ3n) is 3.52. The third-order valence-corrected chi connectivity index (χ3v) is 3.84. The summed E-state index contributed by atoms with van der Waals surface area (Å²) < 4.78 is 3.81. The second-order valence-corrected chi connectivity index (χ2v) is 5.08. The van der Waals surface area contributed by atoms with Crippen molar-refractivity contribution in [2.45, 2.75) is 6.54 Å². The molecule has 0 atom stereocenters. The van der Waals surface area contributed by atoms with Crippen LogP contribution in [-0.2, 0) is 6.54 Å². The molecule has 21 heavy (non-hydrogen) atoms. The first-order valence-corrected chi connectivity index (χ1v) is 6.76. The van der Waals surface area contributed by atoms with Gasteiger partial charge in [-0.1, -0.05) is 24.2 Å². The van der Waals surface area contributed by atoms with Crippen molar-refractivity contribution in [1.82, 2.24) is 24.3 Å². The molecule has 0 fully saturated rings. The molecule has 0 unspecified atom stereocenters. The van der Waals surface area contributed by atoms with Gasteiger partial charge in [0.2, 0.25) is 0 Å². The molecule has 1 aliphatic heterocycles. The molecular formula is C15H10ClN5. The molecule has 4 rings (SSSR count). The van der Waals surface area contributed by atoms with Crippen LogP contribution in [0.25, 0.3) is 23.2 Å². The van der Waals surface area contributed by atoms with Crippen LogP contribution in [0.5, 0.6) is 0 Å². The van der Waals surface area contributed by atoms with Crippen molar-refractivity contribution in [1.29, 1.82) is 0 Å². The number of rotatable bonds is 1. The van der Waals surface area contributed by atoms with Crippen molar-refractivity contribution in [2.24, 2.45) is 0 Å². The fourth-order valence-corrected chi connectivity index (χ4v) is 2.78. The Morgan fingerprint density at radius 3 is 3.10 bits per heavy atom. The Hall–Kier alpha value is -2.62. The average molecular weight is 296 g/mol. The van der Waals surface area contributed by atoms with Gasteiger partial charge in [-0.15, -0.1) is 5.73 Å². The number of imidazole rings is 1. The predicted molar refractivity (Wildman–Crippen MR) is 80.3 cm³/mol. The van der Waals surface area contributed by atoms with Crippen molar-refractivity contribution < 1.29 is 0 Å². The van der Waals surface area contributed by atoms with Crippen LogP contribution in [0.2, 0.25) is 5.15 Å². The number of benzene rings is 1. The van der Waals surface area contributed by atoms with E-state index in [0.29, 0.717) is 11.7 Å². The summed E-state index contributed by atoms with van der Waals surface area (Å²) in [6.45, 7) is 4.15. The fourth-order valence-electron chi connectivity index (χ4n) is 2.58. The maximum absolute atomic E-state index is 6.19. The zero-order valence-electron chi connectivity index (χ0n) is 11.0. The van der Waals surface area contributed by atoms with Crippen molar-refractivity contribution in [3.8, 4) is 17.1 Å². The summed E-state index contributed by atoms with van der Waals surface area (Å²) in [7, 11) is 0. The van der Waals surface area contributed by atoms with E-state index in [-0.39, 0.29) is 0 Å². The quantitative estimate of drug-likeness (QED) is 0.507. The van der Waals surface area contributed by atoms with Gasteiger partial charge in [0.15, 0.2) is 11.0 Å². The van der Waals surface area contributed by atoms with E-state index in [1.54, 1.807) is 12.7 Å². The van der Waals surface area contributed by atoms with Gasteiger partial charge in [0.25, 0.3) is 0 Å². The van der Waals surface area contributed by atoms with Crippen LogP contribution < -0.4 is 0 Å². The second-order valence-electron chi connectivity index (χ2n) is 4.72. The van der Waals surface area contributed by atoms with Gasteiger partial charge in [0, 0.05) is 5.56 Å². The van der Waals surface area contributed by atoms with Crippen molar-refractivity contribution in [3.63, 3.8) is 0 Å². The smallest absolute Gasteiger partial charge is 0.160 e. The molecule has 0 bridgehead atoms. The van der Waals surface area contributed by atoms with E-state index in [4.69, 9.17) is 11.6 Å². The second kappa shape index (κ2) is 4.45. The summed E-state index contributed by atoms with van der Waals surface area (Å²) in [4.78, 5) is 8.57. The van der Waals surface area contributed by atoms with Crippen LogP contribution >= 0.6 is 11.6 Å². The summed E-state index contributed by atoms with van der Waals surface area (Å²) in [6.07, 6.45) is 5.11. The molecule has 0 N–H and O–H groups in total. The van der Waals surface area contributed by atoms with Gasteiger partial charge in [-0.2, -0.15) is 5.10 Å². The Kier molecular flexibility index (Phi) is 2.57. The Balaban J connectivity index is 2.08. The molecule has 2 aromatic heterocycles. The molecule has 6 heteroatoms. The minimum Gasteiger partial charge on any atom is -0.299 e. The van der Waals surface area contributed by atoms with Gasteiger partial charge in [-0.05, 0) is 23.8 Å². The lowest BCUT2D eigenvalue weighted by atomic mass is 10.1. The first-order valence-electron chi connectivity index (χ1n) is 6.38. The first kappa shape index (κ1) is 12.1. The van der Waals surface area contributed by atoms with E-state index >= 15 is 0 Å². The van der Waals surface area contributed by atoms with Crippen molar-refractivity contribution in [2.75, 3.05) is 0 Å². The highest BCUT2D eigenvalue weighted by molar-refractivity contribution is 6.30. The van der Waals surface area contributed by atoms with E-state index in [1.807, 2.05) is 33.5 Å². The monoisotopic (exact) mass is 295 g/mol. The summed E-state index contributed by atoms with van der Waals surface area (Å²) in [5, 5.41) is 4.76. The number of nitrogens with zero attached hydrogens (tertiary/aromatic N) is 5. The fraction of sp³-hybridized carbons (Fsp3) is 0.0667. The molecule has 0 saturated heterocycles. The van der Waals surface area contributed by atoms with E-state index in [2.05, 4.69) is 27.4 Å². The van der Waals surface area contributed by atoms with Gasteiger partial charge in [-0.3, -0.25) is 4.57 Å². The van der Waals surface area contributed by atoms with Gasteiger partial charge >= 0.3 is 0 Å². The normalized spacial score (nSPS) is 11.9. The zero-order chi connectivity index (χ0) is 14.4. The SMILES string of the molecule is C=C=Cc1ccc2c(c1)-c1ncnn1Cc1c(Cl)ncn1-2. The summed E-state index contributed by atoms with van der Waals surface area (Å²) >= 11 is 6.19. The van der Waals surface area contributed by atoms with E-state index < -0.39 is 0 Å². The van der Waals surface area contributed by atoms with Crippen molar-refractivity contribution in [3.05, 3.63) is 59.6 Å². The molecule has 1 aliphatic rings. The maximum Gasteiger partial charge on any atom is 0.160 e. The molecule has 0 radical (unpaired) electrons. The number of halogens is 1. The Morgan fingerprint density at radius 1 is 1.33 bits per heavy atom. The standard InChI is InChI=1S/C15H10ClN5/c1-2-3-10-4-5-12-11(6-10)15-17-8-19-21(15)7-13-14(16)18-9-20(12)13/h3-6,8-9H,1,7H2. The van der Waals surface area contributed by atoms with Crippen LogP contribution in [0.1, 0.15) is 11.3 Å². The van der Waals surface area contributed by atoms with E-state index in [1.165, 1.54) is 0 Å². The van der Waals surface area contributed by atoms with E-state index in [9.17, 15) is 0 Å². The number of hydrogen-bond donors (Lipinski definition) is 0. The summed E-state index contributed by atoms with van der Waals surface area (Å²) in [5.41, 5.74) is 6.65. The molecule has 1 aromatic carbocycles. The van der Waals surface area contributed by atoms with Gasteiger partial charge in [-0.25, -0.2) is 14.6 Å². The zero-order valence-corrected chi connectivity index (χ0v) is 11.7. The van der Waals surface area contributed by atoms with Gasteiger partial charge in [0.1, 0.15) is 12.7 Å². The highest BCUT2D eigenvalue weighted by Gasteiger charge is 2.22. The lowest BCUT2D eigenvalue weighted by molar-refractivity contribution is 0.677. The lowest BCUT2D eigenvalue weighted by Gasteiger charge is -2.08. The molecule has 3 aromatic rings. The van der Waals surface area contributed by atoms with Gasteiger partial charge < -0.3 is 0 Å². The summed E-state index contributed by atoms with van der Waals surface area (Å²) in [6, 6.07) is 6.06. The molecule has 102 valence electrons. The predicted octanol–water partition coefficient (Wildman–Crippen LogP) is 2.94. The third kappa shape index (κ3) is 1.76. The van der Waals surface area contributed by atoms with Crippen LogP contribution in [-0.4, -0.2) is 24.3 Å². The number of hydrogen-bond acceptors (Lipinski definition) is 3. The maximum atomic E-state index is 6.19. The van der Waals surface area contributed by atoms with E-state index in [0.717, 1.165) is 28.3 Å². The minimum absolute atomic E-state index is 0.486. The highest BCUT2D eigenvalue weighted by Crippen LogP contribution is 2.33. The Morgan fingerprint density at radius 2 is 2.24 bits per heavy atom. The first-order chi connectivity index (χ1) is 10.3. The largest absolute Gasteiger partial charge is 0.299 e. The van der Waals surface area contributed by atoms with Crippen LogP contribution in [0, 0.1) is 0 Å². The van der Waals surface area contributed by atoms with Crippen LogP contribution in [0.3, 0.4) is 0 Å². The average Bonchev–Trinajstić information content (AvgIpc) is 3.05. The number of aromatic nitrogens is 5. The van der Waals surface area contributed by atoms with Crippen LogP contribution in [0.15, 0.2) is 43.2 Å². The molecule has 0 amide bonds. The molecule has 3 heterocycles. The minimum atomic E-state index is 0.486. The molecule has 0 saturated carbocycles. The Bertz CT molecular complexity index is 899. The molecule has 5 nitrogen and oxygen atoms in total. The molecular weight excluding hydrogens is 286 g/mol.